The molecule has 2 unspecified atom stereocenters. The number of benzene rings is 1. The van der Waals surface area contributed by atoms with Crippen LogP contribution >= 0.6 is 0 Å². The van der Waals surface area contributed by atoms with E-state index in [-0.39, 0.29) is 30.4 Å². The summed E-state index contributed by atoms with van der Waals surface area (Å²) in [6.07, 6.45) is 0.524. The highest BCUT2D eigenvalue weighted by Gasteiger charge is 2.25. The maximum Gasteiger partial charge on any atom is 0.326 e. The van der Waals surface area contributed by atoms with Gasteiger partial charge >= 0.3 is 11.7 Å². The second-order valence-electron chi connectivity index (χ2n) is 5.09. The van der Waals surface area contributed by atoms with Crippen molar-refractivity contribution in [3.05, 3.63) is 34.4 Å². The lowest BCUT2D eigenvalue weighted by Crippen LogP contribution is -2.45. The Labute approximate surface area is 133 Å². The van der Waals surface area contributed by atoms with Crippen LogP contribution in [0, 0.1) is 16.0 Å². The van der Waals surface area contributed by atoms with Gasteiger partial charge in [-0.1, -0.05) is 32.4 Å². The van der Waals surface area contributed by atoms with Gasteiger partial charge in [0.15, 0.2) is 5.75 Å². The van der Waals surface area contributed by atoms with Crippen molar-refractivity contribution in [2.75, 3.05) is 6.61 Å². The Hall–Kier alpha value is -2.64. The molecule has 0 heterocycles. The number of aliphatic carboxylic acids is 1. The van der Waals surface area contributed by atoms with Crippen molar-refractivity contribution in [1.29, 1.82) is 0 Å². The Kier molecular flexibility index (Phi) is 6.98. The van der Waals surface area contributed by atoms with Crippen LogP contribution < -0.4 is 10.1 Å². The van der Waals surface area contributed by atoms with Gasteiger partial charge in [-0.25, -0.2) is 4.79 Å². The van der Waals surface area contributed by atoms with Gasteiger partial charge in [0, 0.05) is 6.07 Å². The molecule has 0 aliphatic carbocycles. The minimum atomic E-state index is -1.09. The largest absolute Gasteiger partial charge is 0.486 e. The lowest BCUT2D eigenvalue weighted by atomic mass is 9.99. The first-order valence-corrected chi connectivity index (χ1v) is 7.25. The summed E-state index contributed by atoms with van der Waals surface area (Å²) in [7, 11) is 0. The number of para-hydroxylation sites is 2. The standard InChI is InChI=1S/C15H20N2O6/c1-3-10(2)14(15(19)20)16-13(18)8-9-23-12-7-5-4-6-11(12)17(21)22/h4-7,10,14H,3,8-9H2,1-2H3,(H,16,18)(H,19,20). The van der Waals surface area contributed by atoms with E-state index < -0.39 is 22.8 Å². The number of carboxylic acid groups (broad SMARTS) is 1. The number of rotatable bonds is 9. The van der Waals surface area contributed by atoms with Gasteiger partial charge in [-0.15, -0.1) is 0 Å². The summed E-state index contributed by atoms with van der Waals surface area (Å²) < 4.78 is 5.25. The van der Waals surface area contributed by atoms with Gasteiger partial charge < -0.3 is 15.2 Å². The fraction of sp³-hybridized carbons (Fsp3) is 0.467. The number of ether oxygens (including phenoxy) is 1. The van der Waals surface area contributed by atoms with E-state index in [4.69, 9.17) is 9.84 Å². The summed E-state index contributed by atoms with van der Waals surface area (Å²) >= 11 is 0. The number of carbonyl (C=O) groups is 2. The Balaban J connectivity index is 2.54. The molecule has 8 nitrogen and oxygen atoms in total. The van der Waals surface area contributed by atoms with E-state index in [2.05, 4.69) is 5.32 Å². The van der Waals surface area contributed by atoms with Gasteiger partial charge in [0.1, 0.15) is 6.04 Å². The average molecular weight is 324 g/mol. The van der Waals surface area contributed by atoms with Gasteiger partial charge in [0.25, 0.3) is 0 Å². The zero-order valence-corrected chi connectivity index (χ0v) is 13.0. The summed E-state index contributed by atoms with van der Waals surface area (Å²) in [5.41, 5.74) is -0.184. The second-order valence-corrected chi connectivity index (χ2v) is 5.09. The van der Waals surface area contributed by atoms with Crippen LogP contribution in [0.5, 0.6) is 5.75 Å². The molecule has 0 saturated carbocycles. The van der Waals surface area contributed by atoms with Crippen molar-refractivity contribution >= 4 is 17.6 Å². The van der Waals surface area contributed by atoms with Crippen LogP contribution in [-0.2, 0) is 9.59 Å². The zero-order valence-electron chi connectivity index (χ0n) is 13.0. The molecular formula is C15H20N2O6. The van der Waals surface area contributed by atoms with Crippen LogP contribution in [0.15, 0.2) is 24.3 Å². The quantitative estimate of drug-likeness (QED) is 0.529. The minimum absolute atomic E-state index is 0.0713. The minimum Gasteiger partial charge on any atom is -0.486 e. The number of amides is 1. The average Bonchev–Trinajstić information content (AvgIpc) is 2.51. The first-order valence-electron chi connectivity index (χ1n) is 7.25. The number of carbonyl (C=O) groups excluding carboxylic acids is 1. The van der Waals surface area contributed by atoms with Gasteiger partial charge in [0.2, 0.25) is 5.91 Å². The summed E-state index contributed by atoms with van der Waals surface area (Å²) in [6, 6.07) is 4.89. The zero-order chi connectivity index (χ0) is 17.4. The van der Waals surface area contributed by atoms with Crippen LogP contribution in [0.4, 0.5) is 5.69 Å². The number of hydrogen-bond donors (Lipinski definition) is 2. The van der Waals surface area contributed by atoms with Crippen LogP contribution in [0.25, 0.3) is 0 Å². The number of nitrogens with zero attached hydrogens (tertiary/aromatic N) is 1. The van der Waals surface area contributed by atoms with E-state index in [1.54, 1.807) is 13.0 Å². The number of nitrogens with one attached hydrogen (secondary N) is 1. The van der Waals surface area contributed by atoms with E-state index in [0.29, 0.717) is 6.42 Å². The topological polar surface area (TPSA) is 119 Å². The van der Waals surface area contributed by atoms with Crippen LogP contribution in [0.2, 0.25) is 0 Å². The molecule has 0 spiro atoms. The molecule has 1 amide bonds. The van der Waals surface area contributed by atoms with Gasteiger partial charge in [-0.3, -0.25) is 14.9 Å². The number of carboxylic acids is 1. The van der Waals surface area contributed by atoms with Crippen molar-refractivity contribution in [1.82, 2.24) is 5.32 Å². The van der Waals surface area contributed by atoms with Crippen LogP contribution in [0.3, 0.4) is 0 Å². The summed E-state index contributed by atoms with van der Waals surface area (Å²) in [5, 5.41) is 22.4. The smallest absolute Gasteiger partial charge is 0.326 e. The monoisotopic (exact) mass is 324 g/mol. The molecule has 0 saturated heterocycles. The molecule has 2 atom stereocenters. The first-order chi connectivity index (χ1) is 10.9. The van der Waals surface area contributed by atoms with E-state index >= 15 is 0 Å². The number of hydrogen-bond acceptors (Lipinski definition) is 5. The van der Waals surface area contributed by atoms with E-state index in [9.17, 15) is 19.7 Å². The molecule has 0 fully saturated rings. The normalized spacial score (nSPS) is 13.0. The highest BCUT2D eigenvalue weighted by Crippen LogP contribution is 2.25. The van der Waals surface area contributed by atoms with E-state index in [0.717, 1.165) is 0 Å². The molecule has 23 heavy (non-hydrogen) atoms. The van der Waals surface area contributed by atoms with Gasteiger partial charge in [-0.2, -0.15) is 0 Å². The van der Waals surface area contributed by atoms with Crippen LogP contribution in [-0.4, -0.2) is 34.6 Å². The maximum atomic E-state index is 11.8. The molecule has 1 aromatic carbocycles. The molecular weight excluding hydrogens is 304 g/mol. The van der Waals surface area contributed by atoms with Crippen molar-refractivity contribution in [2.45, 2.75) is 32.7 Å². The molecule has 126 valence electrons. The Morgan fingerprint density at radius 1 is 1.39 bits per heavy atom. The molecule has 0 aliphatic heterocycles. The molecule has 0 aromatic heterocycles. The Bertz CT molecular complexity index is 575. The number of nitro groups is 1. The lowest BCUT2D eigenvalue weighted by Gasteiger charge is -2.20. The van der Waals surface area contributed by atoms with Crippen molar-refractivity contribution in [3.63, 3.8) is 0 Å². The molecule has 0 bridgehead atoms. The molecule has 1 aromatic rings. The van der Waals surface area contributed by atoms with Crippen molar-refractivity contribution < 1.29 is 24.4 Å². The second kappa shape index (κ2) is 8.72. The maximum absolute atomic E-state index is 11.8. The summed E-state index contributed by atoms with van der Waals surface area (Å²) in [4.78, 5) is 33.2. The SMILES string of the molecule is CCC(C)C(NC(=O)CCOc1ccccc1[N+](=O)[O-])C(=O)O. The molecule has 0 aliphatic rings. The Morgan fingerprint density at radius 2 is 2.04 bits per heavy atom. The number of nitro benzene ring substituents is 1. The van der Waals surface area contributed by atoms with E-state index in [1.165, 1.54) is 18.2 Å². The third kappa shape index (κ3) is 5.57. The summed E-state index contributed by atoms with van der Waals surface area (Å²) in [5.74, 6) is -1.70. The summed E-state index contributed by atoms with van der Waals surface area (Å²) in [6.45, 7) is 3.50. The van der Waals surface area contributed by atoms with E-state index in [1.807, 2.05) is 6.92 Å². The lowest BCUT2D eigenvalue weighted by molar-refractivity contribution is -0.385. The fourth-order valence-electron chi connectivity index (χ4n) is 1.91. The predicted molar refractivity (Wildman–Crippen MR) is 82.2 cm³/mol. The third-order valence-electron chi connectivity index (χ3n) is 3.44. The molecule has 0 radical (unpaired) electrons. The van der Waals surface area contributed by atoms with Gasteiger partial charge in [0.05, 0.1) is 18.0 Å². The van der Waals surface area contributed by atoms with Gasteiger partial charge in [-0.05, 0) is 12.0 Å². The first kappa shape index (κ1) is 18.4. The fourth-order valence-corrected chi connectivity index (χ4v) is 1.91. The highest BCUT2D eigenvalue weighted by molar-refractivity contribution is 5.83. The van der Waals surface area contributed by atoms with Crippen molar-refractivity contribution in [2.24, 2.45) is 5.92 Å². The molecule has 8 heteroatoms. The highest BCUT2D eigenvalue weighted by atomic mass is 16.6. The molecule has 2 N–H and O–H groups in total. The van der Waals surface area contributed by atoms with Crippen LogP contribution in [0.1, 0.15) is 26.7 Å². The Morgan fingerprint density at radius 3 is 2.61 bits per heavy atom. The third-order valence-corrected chi connectivity index (χ3v) is 3.44. The van der Waals surface area contributed by atoms with Crippen molar-refractivity contribution in [3.8, 4) is 5.75 Å². The molecule has 1 rings (SSSR count). The predicted octanol–water partition coefficient (Wildman–Crippen LogP) is 1.98.